The molecule has 0 aromatic heterocycles. The molecule has 38 heavy (non-hydrogen) atoms. The maximum Gasteiger partial charge on any atom is 0.247 e. The van der Waals surface area contributed by atoms with Crippen molar-refractivity contribution in [2.24, 2.45) is 0 Å². The van der Waals surface area contributed by atoms with Gasteiger partial charge < -0.3 is 9.80 Å². The number of nitrogens with one attached hydrogen (secondary N) is 1. The lowest BCUT2D eigenvalue weighted by molar-refractivity contribution is -0.924. The zero-order valence-electron chi connectivity index (χ0n) is 23.1. The molecule has 4 aromatic rings. The molecule has 0 atom stereocenters. The summed E-state index contributed by atoms with van der Waals surface area (Å²) in [5.74, 6) is -0.0853. The van der Waals surface area contributed by atoms with Gasteiger partial charge >= 0.3 is 0 Å². The molecule has 0 saturated heterocycles. The van der Waals surface area contributed by atoms with Crippen LogP contribution in [0.2, 0.25) is 0 Å². The van der Waals surface area contributed by atoms with Crippen LogP contribution in [0.25, 0.3) is 0 Å². The van der Waals surface area contributed by atoms with E-state index < -0.39 is 6.15 Å². The van der Waals surface area contributed by atoms with Gasteiger partial charge in [0.1, 0.15) is 6.15 Å². The number of carbonyl (C=O) groups excluding carboxylic acids is 1. The molecular weight excluding hydrogens is 463 g/mol. The molecule has 0 spiro atoms. The SMILES string of the molecule is C=CC(=O)NC[N+](CC)(CC)CC.c1ccc([B-](c2ccccc2)(c2ccccc2)c2ccccc2)cc1. The number of hydrogen-bond donors (Lipinski definition) is 1. The molecule has 0 bridgehead atoms. The molecule has 0 heterocycles. The quantitative estimate of drug-likeness (QED) is 0.149. The fourth-order valence-electron chi connectivity index (χ4n) is 5.45. The summed E-state index contributed by atoms with van der Waals surface area (Å²) in [6.07, 6.45) is 0.0996. The first-order valence-corrected chi connectivity index (χ1v) is 13.7. The predicted molar refractivity (Wildman–Crippen MR) is 165 cm³/mol. The van der Waals surface area contributed by atoms with Gasteiger partial charge in [-0.1, -0.05) is 128 Å². The van der Waals surface area contributed by atoms with Crippen molar-refractivity contribution in [1.29, 1.82) is 0 Å². The zero-order chi connectivity index (χ0) is 27.3. The smallest absolute Gasteiger partial charge is 0.247 e. The average molecular weight is 505 g/mol. The second-order valence-electron chi connectivity index (χ2n) is 9.70. The molecule has 1 N–H and O–H groups in total. The zero-order valence-corrected chi connectivity index (χ0v) is 23.1. The minimum Gasteiger partial charge on any atom is -0.307 e. The Labute approximate surface area is 229 Å². The minimum absolute atomic E-state index is 0.0853. The summed E-state index contributed by atoms with van der Waals surface area (Å²) in [6.45, 7) is 13.7. The van der Waals surface area contributed by atoms with Crippen LogP contribution in [-0.4, -0.2) is 42.8 Å². The topological polar surface area (TPSA) is 29.1 Å². The van der Waals surface area contributed by atoms with E-state index in [0.717, 1.165) is 24.1 Å². The van der Waals surface area contributed by atoms with Crippen LogP contribution >= 0.6 is 0 Å². The number of hydrogen-bond acceptors (Lipinski definition) is 1. The van der Waals surface area contributed by atoms with Gasteiger partial charge in [0.05, 0.1) is 19.6 Å². The van der Waals surface area contributed by atoms with E-state index in [1.165, 1.54) is 27.9 Å². The lowest BCUT2D eigenvalue weighted by Crippen LogP contribution is -2.74. The molecule has 196 valence electrons. The third kappa shape index (κ3) is 6.51. The van der Waals surface area contributed by atoms with Gasteiger partial charge in [-0.2, -0.15) is 21.9 Å². The number of rotatable bonds is 10. The molecule has 0 fully saturated rings. The Morgan fingerprint density at radius 1 is 0.632 bits per heavy atom. The van der Waals surface area contributed by atoms with Gasteiger partial charge in [0.15, 0.2) is 6.67 Å². The molecule has 0 aliphatic heterocycles. The van der Waals surface area contributed by atoms with Gasteiger partial charge in [-0.25, -0.2) is 0 Å². The van der Waals surface area contributed by atoms with Gasteiger partial charge in [-0.15, -0.1) is 0 Å². The molecule has 4 aromatic carbocycles. The van der Waals surface area contributed by atoms with Crippen molar-refractivity contribution in [2.75, 3.05) is 26.3 Å². The molecule has 3 nitrogen and oxygen atoms in total. The van der Waals surface area contributed by atoms with E-state index in [1.54, 1.807) is 0 Å². The van der Waals surface area contributed by atoms with Crippen molar-refractivity contribution in [2.45, 2.75) is 20.8 Å². The Kier molecular flexibility index (Phi) is 10.7. The summed E-state index contributed by atoms with van der Waals surface area (Å²) in [6, 6.07) is 43.5. The van der Waals surface area contributed by atoms with Gasteiger partial charge in [0.2, 0.25) is 5.91 Å². The van der Waals surface area contributed by atoms with Gasteiger partial charge in [0, 0.05) is 0 Å². The number of amides is 1. The Morgan fingerprint density at radius 3 is 1.16 bits per heavy atom. The normalized spacial score (nSPS) is 11.1. The first kappa shape index (κ1) is 28.7. The number of carbonyl (C=O) groups is 1. The monoisotopic (exact) mass is 504 g/mol. The van der Waals surface area contributed by atoms with Gasteiger partial charge in [-0.05, 0) is 26.8 Å². The Morgan fingerprint density at radius 2 is 0.921 bits per heavy atom. The lowest BCUT2D eigenvalue weighted by Gasteiger charge is -2.44. The van der Waals surface area contributed by atoms with Crippen LogP contribution in [0, 0.1) is 0 Å². The third-order valence-corrected chi connectivity index (χ3v) is 7.98. The van der Waals surface area contributed by atoms with Crippen LogP contribution in [0.1, 0.15) is 20.8 Å². The highest BCUT2D eigenvalue weighted by atomic mass is 16.1. The summed E-state index contributed by atoms with van der Waals surface area (Å²) in [5, 5.41) is 2.84. The van der Waals surface area contributed by atoms with E-state index in [2.05, 4.69) is 154 Å². The van der Waals surface area contributed by atoms with Crippen molar-refractivity contribution >= 4 is 33.9 Å². The van der Waals surface area contributed by atoms with E-state index in [4.69, 9.17) is 0 Å². The largest absolute Gasteiger partial charge is 0.307 e. The number of quaternary nitrogens is 1. The van der Waals surface area contributed by atoms with Gasteiger partial charge in [-0.3, -0.25) is 4.79 Å². The van der Waals surface area contributed by atoms with Crippen LogP contribution in [0.15, 0.2) is 134 Å². The van der Waals surface area contributed by atoms with Crippen molar-refractivity contribution in [3.05, 3.63) is 134 Å². The van der Waals surface area contributed by atoms with Crippen LogP contribution in [-0.2, 0) is 4.79 Å². The summed E-state index contributed by atoms with van der Waals surface area (Å²) in [5.41, 5.74) is 5.36. The standard InChI is InChI=1S/C24H20B.C10H20N2O/c1-5-13-21(14-6-1)25(22-15-7-2-8-16-22,23-17-9-3-10-18-23)24-19-11-4-12-20-24;1-5-10(13)11-9-12(6-2,7-3)8-4/h1-20H;5H,1,6-9H2,2-4H3/q-1;/p+1. The molecule has 4 rings (SSSR count). The highest BCUT2D eigenvalue weighted by molar-refractivity contribution is 7.19. The highest BCUT2D eigenvalue weighted by Crippen LogP contribution is 2.09. The minimum atomic E-state index is -1.22. The molecular formula is C34H41BN2O. The van der Waals surface area contributed by atoms with E-state index in [1.807, 2.05) is 0 Å². The molecule has 0 unspecified atom stereocenters. The molecule has 0 aliphatic rings. The Bertz CT molecular complexity index is 1070. The summed E-state index contributed by atoms with van der Waals surface area (Å²) in [7, 11) is 0. The van der Waals surface area contributed by atoms with Gasteiger partial charge in [0.25, 0.3) is 0 Å². The van der Waals surface area contributed by atoms with E-state index >= 15 is 0 Å². The second kappa shape index (κ2) is 14.2. The van der Waals surface area contributed by atoms with Crippen molar-refractivity contribution in [3.63, 3.8) is 0 Å². The van der Waals surface area contributed by atoms with Crippen LogP contribution in [0.3, 0.4) is 0 Å². The fraction of sp³-hybridized carbons (Fsp3) is 0.206. The summed E-state index contributed by atoms with van der Waals surface area (Å²) in [4.78, 5) is 11.0. The number of nitrogens with zero attached hydrogens (tertiary/aromatic N) is 1. The molecule has 1 amide bonds. The first-order chi connectivity index (χ1) is 18.6. The Hall–Kier alpha value is -3.89. The predicted octanol–water partition coefficient (Wildman–Crippen LogP) is 4.19. The van der Waals surface area contributed by atoms with E-state index in [9.17, 15) is 4.79 Å². The molecule has 0 aliphatic carbocycles. The number of benzene rings is 4. The first-order valence-electron chi connectivity index (χ1n) is 13.7. The van der Waals surface area contributed by atoms with Crippen LogP contribution in [0.5, 0.6) is 0 Å². The summed E-state index contributed by atoms with van der Waals surface area (Å²) < 4.78 is 0.930. The average Bonchev–Trinajstić information content (AvgIpc) is 3.01. The van der Waals surface area contributed by atoms with Crippen molar-refractivity contribution in [3.8, 4) is 0 Å². The maximum absolute atomic E-state index is 11.0. The molecule has 0 saturated carbocycles. The summed E-state index contributed by atoms with van der Waals surface area (Å²) >= 11 is 0. The third-order valence-electron chi connectivity index (χ3n) is 7.98. The second-order valence-corrected chi connectivity index (χ2v) is 9.70. The highest BCUT2D eigenvalue weighted by Gasteiger charge is 2.31. The maximum atomic E-state index is 11.0. The Balaban J connectivity index is 0.000000263. The lowest BCUT2D eigenvalue weighted by atomic mass is 9.13. The van der Waals surface area contributed by atoms with Crippen LogP contribution in [0.4, 0.5) is 0 Å². The fourth-order valence-corrected chi connectivity index (χ4v) is 5.45. The molecule has 0 radical (unpaired) electrons. The van der Waals surface area contributed by atoms with E-state index in [0.29, 0.717) is 6.67 Å². The van der Waals surface area contributed by atoms with Crippen LogP contribution < -0.4 is 27.2 Å². The molecule has 4 heteroatoms. The van der Waals surface area contributed by atoms with Crippen molar-refractivity contribution < 1.29 is 9.28 Å². The van der Waals surface area contributed by atoms with Crippen molar-refractivity contribution in [1.82, 2.24) is 5.32 Å². The van der Waals surface area contributed by atoms with E-state index in [-0.39, 0.29) is 5.91 Å².